The molecule has 1 rings (SSSR count). The summed E-state index contributed by atoms with van der Waals surface area (Å²) in [5, 5.41) is 11.6. The third kappa shape index (κ3) is 2.25. The van der Waals surface area contributed by atoms with Gasteiger partial charge in [0, 0.05) is 0 Å². The van der Waals surface area contributed by atoms with E-state index >= 15 is 0 Å². The summed E-state index contributed by atoms with van der Waals surface area (Å²) in [7, 11) is 0. The van der Waals surface area contributed by atoms with Crippen LogP contribution in [0.1, 0.15) is 5.69 Å². The Labute approximate surface area is 84.5 Å². The van der Waals surface area contributed by atoms with Gasteiger partial charge in [0.25, 0.3) is 0 Å². The van der Waals surface area contributed by atoms with Crippen molar-refractivity contribution in [1.29, 1.82) is 0 Å². The maximum Gasteiger partial charge on any atom is 0.434 e. The van der Waals surface area contributed by atoms with Crippen LogP contribution in [0.25, 0.3) is 0 Å². The number of alkyl halides is 3. The van der Waals surface area contributed by atoms with Gasteiger partial charge < -0.3 is 5.11 Å². The number of halogens is 4. The Morgan fingerprint density at radius 1 is 1.64 bits per heavy atom. The number of hydrogen-bond donors (Lipinski definition) is 1. The normalized spacial score (nSPS) is 11.7. The Morgan fingerprint density at radius 3 is 2.64 bits per heavy atom. The van der Waals surface area contributed by atoms with Crippen LogP contribution < -0.4 is 0 Å². The summed E-state index contributed by atoms with van der Waals surface area (Å²) in [4.78, 5) is 10.2. The summed E-state index contributed by atoms with van der Waals surface area (Å²) in [5.41, 5.74) is -1.10. The van der Waals surface area contributed by atoms with Crippen molar-refractivity contribution in [2.24, 2.45) is 0 Å². The predicted molar refractivity (Wildman–Crippen MR) is 42.6 cm³/mol. The Balaban J connectivity index is 3.13. The number of carboxylic acids is 1. The number of nitrogens with zero attached hydrogens (tertiary/aromatic N) is 2. The summed E-state index contributed by atoms with van der Waals surface area (Å²) in [6.45, 7) is -0.819. The second-order valence-electron chi connectivity index (χ2n) is 2.39. The van der Waals surface area contributed by atoms with Crippen LogP contribution >= 0.6 is 15.9 Å². The molecule has 0 amide bonds. The van der Waals surface area contributed by atoms with E-state index in [1.54, 1.807) is 0 Å². The number of aromatic nitrogens is 2. The summed E-state index contributed by atoms with van der Waals surface area (Å²) in [6, 6.07) is 0. The van der Waals surface area contributed by atoms with E-state index in [2.05, 4.69) is 21.0 Å². The first kappa shape index (κ1) is 11.0. The quantitative estimate of drug-likeness (QED) is 0.893. The second-order valence-corrected chi connectivity index (χ2v) is 3.24. The third-order valence-electron chi connectivity index (χ3n) is 1.35. The van der Waals surface area contributed by atoms with E-state index < -0.39 is 24.4 Å². The van der Waals surface area contributed by atoms with Crippen LogP contribution in [-0.2, 0) is 17.5 Å². The zero-order valence-electron chi connectivity index (χ0n) is 6.55. The number of rotatable bonds is 2. The van der Waals surface area contributed by atoms with Gasteiger partial charge in [-0.3, -0.25) is 4.79 Å². The molecule has 1 heterocycles. The summed E-state index contributed by atoms with van der Waals surface area (Å²) < 4.78 is 37.0. The number of hydrogen-bond acceptors (Lipinski definition) is 2. The molecular weight excluding hydrogens is 269 g/mol. The molecule has 0 bridgehead atoms. The molecule has 8 heteroatoms. The van der Waals surface area contributed by atoms with Gasteiger partial charge in [-0.25, -0.2) is 4.68 Å². The first-order valence-electron chi connectivity index (χ1n) is 3.32. The standard InChI is InChI=1S/C6H4BrF3N2O2/c7-3-1-11-12(2-4(13)14)5(3)6(8,9)10/h1H,2H2,(H,13,14). The van der Waals surface area contributed by atoms with Crippen molar-refractivity contribution in [3.63, 3.8) is 0 Å². The lowest BCUT2D eigenvalue weighted by Gasteiger charge is -2.08. The highest BCUT2D eigenvalue weighted by molar-refractivity contribution is 9.10. The van der Waals surface area contributed by atoms with Crippen molar-refractivity contribution < 1.29 is 23.1 Å². The fourth-order valence-corrected chi connectivity index (χ4v) is 1.41. The Kier molecular flexibility index (Phi) is 2.84. The average Bonchev–Trinajstić information content (AvgIpc) is 2.28. The van der Waals surface area contributed by atoms with E-state index in [0.717, 1.165) is 6.20 Å². The van der Waals surface area contributed by atoms with Gasteiger partial charge in [-0.15, -0.1) is 0 Å². The Morgan fingerprint density at radius 2 is 2.21 bits per heavy atom. The highest BCUT2D eigenvalue weighted by Crippen LogP contribution is 2.34. The molecule has 0 saturated carbocycles. The fourth-order valence-electron chi connectivity index (χ4n) is 0.892. The lowest BCUT2D eigenvalue weighted by molar-refractivity contribution is -0.147. The zero-order chi connectivity index (χ0) is 10.9. The zero-order valence-corrected chi connectivity index (χ0v) is 8.13. The van der Waals surface area contributed by atoms with E-state index in [4.69, 9.17) is 5.11 Å². The number of aliphatic carboxylic acids is 1. The summed E-state index contributed by atoms with van der Waals surface area (Å²) >= 11 is 2.65. The van der Waals surface area contributed by atoms with Crippen molar-refractivity contribution in [1.82, 2.24) is 9.78 Å². The smallest absolute Gasteiger partial charge is 0.434 e. The molecule has 1 aromatic heterocycles. The predicted octanol–water partition coefficient (Wildman–Crippen LogP) is 1.75. The van der Waals surface area contributed by atoms with Crippen molar-refractivity contribution in [3.8, 4) is 0 Å². The molecule has 0 fully saturated rings. The van der Waals surface area contributed by atoms with E-state index in [-0.39, 0.29) is 4.47 Å². The van der Waals surface area contributed by atoms with Gasteiger partial charge in [0.15, 0.2) is 5.69 Å². The minimum absolute atomic E-state index is 0.272. The molecule has 78 valence electrons. The molecule has 0 radical (unpaired) electrons. The third-order valence-corrected chi connectivity index (χ3v) is 1.93. The van der Waals surface area contributed by atoms with Crippen LogP contribution in [0, 0.1) is 0 Å². The SMILES string of the molecule is O=C(O)Cn1ncc(Br)c1C(F)(F)F. The Bertz CT molecular complexity index is 360. The molecule has 0 aliphatic carbocycles. The molecular formula is C6H4BrF3N2O2. The molecule has 0 saturated heterocycles. The van der Waals surface area contributed by atoms with Gasteiger partial charge in [-0.05, 0) is 15.9 Å². The van der Waals surface area contributed by atoms with Gasteiger partial charge in [0.2, 0.25) is 0 Å². The van der Waals surface area contributed by atoms with Crippen LogP contribution in [0.5, 0.6) is 0 Å². The van der Waals surface area contributed by atoms with Crippen molar-refractivity contribution in [3.05, 3.63) is 16.4 Å². The maximum absolute atomic E-state index is 12.3. The van der Waals surface area contributed by atoms with Gasteiger partial charge >= 0.3 is 12.1 Å². The topological polar surface area (TPSA) is 55.1 Å². The van der Waals surface area contributed by atoms with Crippen molar-refractivity contribution in [2.75, 3.05) is 0 Å². The average molecular weight is 273 g/mol. The molecule has 0 atom stereocenters. The van der Waals surface area contributed by atoms with E-state index in [1.807, 2.05) is 0 Å². The van der Waals surface area contributed by atoms with Gasteiger partial charge in [0.05, 0.1) is 10.7 Å². The van der Waals surface area contributed by atoms with Gasteiger partial charge in [-0.1, -0.05) is 0 Å². The number of carboxylic acid groups (broad SMARTS) is 1. The summed E-state index contributed by atoms with van der Waals surface area (Å²) in [6.07, 6.45) is -3.71. The van der Waals surface area contributed by atoms with Crippen LogP contribution in [0.3, 0.4) is 0 Å². The fraction of sp³-hybridized carbons (Fsp3) is 0.333. The molecule has 1 aromatic rings. The van der Waals surface area contributed by atoms with Crippen LogP contribution in [-0.4, -0.2) is 20.9 Å². The highest BCUT2D eigenvalue weighted by atomic mass is 79.9. The molecule has 1 N–H and O–H groups in total. The molecule has 4 nitrogen and oxygen atoms in total. The minimum atomic E-state index is -4.62. The largest absolute Gasteiger partial charge is 0.480 e. The second kappa shape index (κ2) is 3.60. The first-order chi connectivity index (χ1) is 6.32. The maximum atomic E-state index is 12.3. The lowest BCUT2D eigenvalue weighted by atomic mass is 10.4. The van der Waals surface area contributed by atoms with Crippen LogP contribution in [0.15, 0.2) is 10.7 Å². The summed E-state index contributed by atoms with van der Waals surface area (Å²) in [5.74, 6) is -1.38. The molecule has 0 unspecified atom stereocenters. The minimum Gasteiger partial charge on any atom is -0.480 e. The first-order valence-corrected chi connectivity index (χ1v) is 4.12. The molecule has 0 aliphatic heterocycles. The van der Waals surface area contributed by atoms with Crippen LogP contribution in [0.4, 0.5) is 13.2 Å². The highest BCUT2D eigenvalue weighted by Gasteiger charge is 2.37. The Hall–Kier alpha value is -1.05. The van der Waals surface area contributed by atoms with Crippen molar-refractivity contribution in [2.45, 2.75) is 12.7 Å². The van der Waals surface area contributed by atoms with E-state index in [1.165, 1.54) is 0 Å². The van der Waals surface area contributed by atoms with Gasteiger partial charge in [0.1, 0.15) is 6.54 Å². The monoisotopic (exact) mass is 272 g/mol. The molecule has 14 heavy (non-hydrogen) atoms. The molecule has 0 aromatic carbocycles. The number of carbonyl (C=O) groups is 1. The van der Waals surface area contributed by atoms with E-state index in [9.17, 15) is 18.0 Å². The van der Waals surface area contributed by atoms with E-state index in [0.29, 0.717) is 4.68 Å². The van der Waals surface area contributed by atoms with Crippen molar-refractivity contribution >= 4 is 21.9 Å². The molecule has 0 spiro atoms. The van der Waals surface area contributed by atoms with Crippen LogP contribution in [0.2, 0.25) is 0 Å². The lowest BCUT2D eigenvalue weighted by Crippen LogP contribution is -2.19. The van der Waals surface area contributed by atoms with Gasteiger partial charge in [-0.2, -0.15) is 18.3 Å². The molecule has 0 aliphatic rings.